The smallest absolute Gasteiger partial charge is 0.352 e. The van der Waals surface area contributed by atoms with E-state index < -0.39 is 11.9 Å². The SMILES string of the molecule is CN=C(NCc1cn(C)nc1C(F)(F)F)N1CCC(c2ccccc2)C1.I. The van der Waals surface area contributed by atoms with Crippen LogP contribution in [-0.4, -0.2) is 40.8 Å². The number of aliphatic imine (C=N–C) groups is 1. The highest BCUT2D eigenvalue weighted by atomic mass is 127. The maximum absolute atomic E-state index is 13.1. The predicted molar refractivity (Wildman–Crippen MR) is 109 cm³/mol. The van der Waals surface area contributed by atoms with Crippen LogP contribution in [0.25, 0.3) is 0 Å². The molecule has 1 aromatic heterocycles. The lowest BCUT2D eigenvalue weighted by atomic mass is 9.99. The van der Waals surface area contributed by atoms with E-state index in [2.05, 4.69) is 32.4 Å². The molecule has 0 saturated carbocycles. The summed E-state index contributed by atoms with van der Waals surface area (Å²) in [7, 11) is 3.13. The quantitative estimate of drug-likeness (QED) is 0.404. The number of hydrogen-bond donors (Lipinski definition) is 1. The van der Waals surface area contributed by atoms with Gasteiger partial charge in [-0.1, -0.05) is 30.3 Å². The number of nitrogens with one attached hydrogen (secondary N) is 1. The average Bonchev–Trinajstić information content (AvgIpc) is 3.23. The van der Waals surface area contributed by atoms with Crippen molar-refractivity contribution in [3.05, 3.63) is 53.3 Å². The van der Waals surface area contributed by atoms with Crippen LogP contribution in [0.1, 0.15) is 29.2 Å². The topological polar surface area (TPSA) is 45.5 Å². The molecule has 9 heteroatoms. The van der Waals surface area contributed by atoms with Crippen molar-refractivity contribution in [3.8, 4) is 0 Å². The Morgan fingerprint density at radius 1 is 1.30 bits per heavy atom. The normalized spacial score (nSPS) is 17.7. The summed E-state index contributed by atoms with van der Waals surface area (Å²) in [6.45, 7) is 1.64. The third kappa shape index (κ3) is 5.14. The third-order valence-electron chi connectivity index (χ3n) is 4.58. The number of likely N-dealkylation sites (tertiary alicyclic amines) is 1. The fourth-order valence-corrected chi connectivity index (χ4v) is 3.36. The van der Waals surface area contributed by atoms with E-state index in [-0.39, 0.29) is 36.1 Å². The van der Waals surface area contributed by atoms with Crippen LogP contribution in [0.5, 0.6) is 0 Å². The molecule has 0 amide bonds. The van der Waals surface area contributed by atoms with Crippen molar-refractivity contribution in [1.29, 1.82) is 0 Å². The van der Waals surface area contributed by atoms with Crippen LogP contribution in [0.2, 0.25) is 0 Å². The Labute approximate surface area is 173 Å². The van der Waals surface area contributed by atoms with Crippen molar-refractivity contribution in [3.63, 3.8) is 0 Å². The van der Waals surface area contributed by atoms with E-state index in [1.165, 1.54) is 23.5 Å². The van der Waals surface area contributed by atoms with Crippen LogP contribution in [0.4, 0.5) is 13.2 Å². The zero-order valence-corrected chi connectivity index (χ0v) is 17.5. The molecule has 1 fully saturated rings. The van der Waals surface area contributed by atoms with Crippen molar-refractivity contribution < 1.29 is 13.2 Å². The minimum absolute atomic E-state index is 0. The molecule has 1 N–H and O–H groups in total. The van der Waals surface area contributed by atoms with Crippen molar-refractivity contribution >= 4 is 29.9 Å². The summed E-state index contributed by atoms with van der Waals surface area (Å²) in [5.74, 6) is 1.01. The summed E-state index contributed by atoms with van der Waals surface area (Å²) in [6, 6.07) is 10.2. The fourth-order valence-electron chi connectivity index (χ4n) is 3.36. The molecule has 0 bridgehead atoms. The van der Waals surface area contributed by atoms with Gasteiger partial charge in [0.2, 0.25) is 0 Å². The lowest BCUT2D eigenvalue weighted by molar-refractivity contribution is -0.142. The van der Waals surface area contributed by atoms with Crippen LogP contribution < -0.4 is 5.32 Å². The third-order valence-corrected chi connectivity index (χ3v) is 4.58. The minimum atomic E-state index is -4.46. The molecule has 1 unspecified atom stereocenters. The number of halogens is 4. The van der Waals surface area contributed by atoms with Crippen LogP contribution in [0.15, 0.2) is 41.5 Å². The summed E-state index contributed by atoms with van der Waals surface area (Å²) in [5, 5.41) is 6.58. The van der Waals surface area contributed by atoms with E-state index >= 15 is 0 Å². The molecule has 0 aliphatic carbocycles. The summed E-state index contributed by atoms with van der Waals surface area (Å²) in [6.07, 6.45) is -2.08. The molecule has 27 heavy (non-hydrogen) atoms. The number of aryl methyl sites for hydroxylation is 1. The number of alkyl halides is 3. The molecule has 0 spiro atoms. The van der Waals surface area contributed by atoms with Gasteiger partial charge in [-0.2, -0.15) is 18.3 Å². The maximum Gasteiger partial charge on any atom is 0.435 e. The zero-order chi connectivity index (χ0) is 18.7. The van der Waals surface area contributed by atoms with E-state index in [9.17, 15) is 13.2 Å². The number of benzene rings is 1. The first kappa shape index (κ1) is 21.5. The summed E-state index contributed by atoms with van der Waals surface area (Å²) in [4.78, 5) is 6.32. The molecule has 1 aromatic carbocycles. The summed E-state index contributed by atoms with van der Waals surface area (Å²) < 4.78 is 40.4. The number of hydrogen-bond acceptors (Lipinski definition) is 2. The first-order valence-electron chi connectivity index (χ1n) is 8.48. The highest BCUT2D eigenvalue weighted by Crippen LogP contribution is 2.31. The highest BCUT2D eigenvalue weighted by Gasteiger charge is 2.37. The first-order valence-corrected chi connectivity index (χ1v) is 8.48. The lowest BCUT2D eigenvalue weighted by Gasteiger charge is -2.22. The van der Waals surface area contributed by atoms with E-state index in [0.717, 1.165) is 19.5 Å². The molecule has 148 valence electrons. The molecule has 5 nitrogen and oxygen atoms in total. The van der Waals surface area contributed by atoms with Gasteiger partial charge in [0, 0.05) is 51.4 Å². The van der Waals surface area contributed by atoms with E-state index in [1.807, 2.05) is 18.2 Å². The van der Waals surface area contributed by atoms with Gasteiger partial charge in [0.25, 0.3) is 0 Å². The van der Waals surface area contributed by atoms with Crippen LogP contribution >= 0.6 is 24.0 Å². The van der Waals surface area contributed by atoms with E-state index in [1.54, 1.807) is 7.05 Å². The van der Waals surface area contributed by atoms with Crippen LogP contribution in [-0.2, 0) is 19.8 Å². The average molecular weight is 493 g/mol. The van der Waals surface area contributed by atoms with Gasteiger partial charge in [0.1, 0.15) is 0 Å². The molecule has 1 saturated heterocycles. The fraction of sp³-hybridized carbons (Fsp3) is 0.444. The van der Waals surface area contributed by atoms with Crippen molar-refractivity contribution in [2.45, 2.75) is 25.1 Å². The largest absolute Gasteiger partial charge is 0.435 e. The standard InChI is InChI=1S/C18H22F3N5.HI/c1-22-17(23-10-15-11-25(2)24-16(15)18(19,20)21)26-9-8-14(12-26)13-6-4-3-5-7-13;/h3-7,11,14H,8-10,12H2,1-2H3,(H,22,23);1H. The monoisotopic (exact) mass is 493 g/mol. The summed E-state index contributed by atoms with van der Waals surface area (Å²) >= 11 is 0. The van der Waals surface area contributed by atoms with Gasteiger partial charge in [0.15, 0.2) is 11.7 Å². The van der Waals surface area contributed by atoms with Gasteiger partial charge >= 0.3 is 6.18 Å². The van der Waals surface area contributed by atoms with Gasteiger partial charge < -0.3 is 10.2 Å². The molecule has 0 radical (unpaired) electrons. The Balaban J connectivity index is 0.00000261. The minimum Gasteiger partial charge on any atom is -0.352 e. The number of nitrogens with zero attached hydrogens (tertiary/aromatic N) is 4. The molecular weight excluding hydrogens is 470 g/mol. The second kappa shape index (κ2) is 8.94. The predicted octanol–water partition coefficient (Wildman–Crippen LogP) is 3.62. The molecule has 3 rings (SSSR count). The van der Waals surface area contributed by atoms with Gasteiger partial charge in [0.05, 0.1) is 0 Å². The van der Waals surface area contributed by atoms with Crippen molar-refractivity contribution in [1.82, 2.24) is 20.0 Å². The number of aromatic nitrogens is 2. The van der Waals surface area contributed by atoms with Gasteiger partial charge in [-0.05, 0) is 12.0 Å². The first-order chi connectivity index (χ1) is 12.4. The summed E-state index contributed by atoms with van der Waals surface area (Å²) in [5.41, 5.74) is 0.531. The van der Waals surface area contributed by atoms with Crippen LogP contribution in [0.3, 0.4) is 0 Å². The van der Waals surface area contributed by atoms with Crippen molar-refractivity contribution in [2.75, 3.05) is 20.1 Å². The second-order valence-electron chi connectivity index (χ2n) is 6.42. The van der Waals surface area contributed by atoms with Gasteiger partial charge in [-0.15, -0.1) is 24.0 Å². The maximum atomic E-state index is 13.1. The molecule has 2 aromatic rings. The Morgan fingerprint density at radius 3 is 2.63 bits per heavy atom. The Kier molecular flexibility index (Phi) is 7.12. The Morgan fingerprint density at radius 2 is 2.00 bits per heavy atom. The zero-order valence-electron chi connectivity index (χ0n) is 15.2. The Bertz CT molecular complexity index is 773. The molecule has 1 atom stereocenters. The highest BCUT2D eigenvalue weighted by molar-refractivity contribution is 14.0. The second-order valence-corrected chi connectivity index (χ2v) is 6.42. The number of rotatable bonds is 3. The van der Waals surface area contributed by atoms with Gasteiger partial charge in [-0.3, -0.25) is 9.67 Å². The Hall–Kier alpha value is -1.78. The van der Waals surface area contributed by atoms with E-state index in [0.29, 0.717) is 11.9 Å². The van der Waals surface area contributed by atoms with Gasteiger partial charge in [-0.25, -0.2) is 0 Å². The molecule has 1 aliphatic rings. The molecular formula is C18H23F3IN5. The van der Waals surface area contributed by atoms with Crippen molar-refractivity contribution in [2.24, 2.45) is 12.0 Å². The van der Waals surface area contributed by atoms with E-state index in [4.69, 9.17) is 0 Å². The lowest BCUT2D eigenvalue weighted by Crippen LogP contribution is -2.39. The molecule has 1 aliphatic heterocycles. The number of guanidine groups is 1. The molecule has 2 heterocycles. The van der Waals surface area contributed by atoms with Crippen LogP contribution in [0, 0.1) is 0 Å².